The first-order valence-electron chi connectivity index (χ1n) is 7.84. The third kappa shape index (κ3) is 3.25. The zero-order valence-corrected chi connectivity index (χ0v) is 13.8. The van der Waals surface area contributed by atoms with Crippen molar-refractivity contribution in [3.63, 3.8) is 0 Å². The highest BCUT2D eigenvalue weighted by atomic mass is 16.6. The third-order valence-corrected chi connectivity index (χ3v) is 3.97. The van der Waals surface area contributed by atoms with Crippen LogP contribution in [0.25, 0.3) is 0 Å². The quantitative estimate of drug-likeness (QED) is 0.407. The van der Waals surface area contributed by atoms with E-state index in [0.717, 1.165) is 6.07 Å². The Morgan fingerprint density at radius 3 is 1.44 bits per heavy atom. The van der Waals surface area contributed by atoms with Crippen LogP contribution in [0.15, 0.2) is 66.7 Å². The number of ketones is 2. The van der Waals surface area contributed by atoms with Crippen molar-refractivity contribution in [2.45, 2.75) is 0 Å². The standard InChI is InChI=1S/C20H13NO6/c22-14-11-15(23)17(20(25)13-9-5-2-6-10-13)18(21(26)27)16(14)19(24)12-7-3-1-4-8-12/h1-11,22-23H. The van der Waals surface area contributed by atoms with Crippen LogP contribution in [0.2, 0.25) is 0 Å². The van der Waals surface area contributed by atoms with E-state index in [4.69, 9.17) is 0 Å². The lowest BCUT2D eigenvalue weighted by Gasteiger charge is -2.11. The third-order valence-electron chi connectivity index (χ3n) is 3.97. The van der Waals surface area contributed by atoms with Crippen LogP contribution < -0.4 is 0 Å². The number of aromatic hydroxyl groups is 2. The fraction of sp³-hybridized carbons (Fsp3) is 0. The number of carbonyl (C=O) groups is 2. The molecule has 0 unspecified atom stereocenters. The molecule has 134 valence electrons. The Morgan fingerprint density at radius 2 is 1.11 bits per heavy atom. The van der Waals surface area contributed by atoms with Gasteiger partial charge in [-0.05, 0) is 0 Å². The average Bonchev–Trinajstić information content (AvgIpc) is 2.67. The lowest BCUT2D eigenvalue weighted by Crippen LogP contribution is -2.12. The first kappa shape index (κ1) is 17.8. The van der Waals surface area contributed by atoms with Crippen molar-refractivity contribution in [2.24, 2.45) is 0 Å². The molecule has 0 aliphatic heterocycles. The number of hydrogen-bond donors (Lipinski definition) is 2. The van der Waals surface area contributed by atoms with Gasteiger partial charge in [0.2, 0.25) is 11.6 Å². The van der Waals surface area contributed by atoms with Crippen LogP contribution in [0.1, 0.15) is 31.8 Å². The molecule has 0 aromatic heterocycles. The maximum Gasteiger partial charge on any atom is 0.299 e. The minimum Gasteiger partial charge on any atom is -0.507 e. The highest BCUT2D eigenvalue weighted by Gasteiger charge is 2.35. The van der Waals surface area contributed by atoms with E-state index in [0.29, 0.717) is 0 Å². The number of rotatable bonds is 5. The summed E-state index contributed by atoms with van der Waals surface area (Å²) in [6, 6.07) is 16.0. The lowest BCUT2D eigenvalue weighted by atomic mass is 9.93. The molecule has 0 saturated carbocycles. The van der Waals surface area contributed by atoms with Crippen molar-refractivity contribution in [2.75, 3.05) is 0 Å². The normalized spacial score (nSPS) is 10.4. The zero-order valence-electron chi connectivity index (χ0n) is 13.8. The molecular formula is C20H13NO6. The highest BCUT2D eigenvalue weighted by molar-refractivity contribution is 6.19. The molecule has 0 heterocycles. The Morgan fingerprint density at radius 1 is 0.741 bits per heavy atom. The molecule has 27 heavy (non-hydrogen) atoms. The number of phenols is 2. The average molecular weight is 363 g/mol. The first-order valence-corrected chi connectivity index (χ1v) is 7.84. The summed E-state index contributed by atoms with van der Waals surface area (Å²) >= 11 is 0. The van der Waals surface area contributed by atoms with Crippen molar-refractivity contribution in [3.8, 4) is 11.5 Å². The molecule has 0 aliphatic rings. The molecule has 0 fully saturated rings. The van der Waals surface area contributed by atoms with Crippen LogP contribution in [0.4, 0.5) is 5.69 Å². The second-order valence-electron chi connectivity index (χ2n) is 5.66. The van der Waals surface area contributed by atoms with Crippen molar-refractivity contribution < 1.29 is 24.7 Å². The number of phenolic OH excluding ortho intramolecular Hbond substituents is 2. The van der Waals surface area contributed by atoms with E-state index in [-0.39, 0.29) is 11.1 Å². The maximum absolute atomic E-state index is 12.8. The van der Waals surface area contributed by atoms with Gasteiger partial charge >= 0.3 is 0 Å². The number of hydrogen-bond acceptors (Lipinski definition) is 6. The summed E-state index contributed by atoms with van der Waals surface area (Å²) in [6.45, 7) is 0. The van der Waals surface area contributed by atoms with Crippen LogP contribution in [-0.2, 0) is 0 Å². The van der Waals surface area contributed by atoms with E-state index in [1.54, 1.807) is 36.4 Å². The fourth-order valence-electron chi connectivity index (χ4n) is 2.74. The Bertz CT molecular complexity index is 969. The fourth-order valence-corrected chi connectivity index (χ4v) is 2.74. The van der Waals surface area contributed by atoms with Gasteiger partial charge in [0.25, 0.3) is 5.69 Å². The molecule has 0 amide bonds. The van der Waals surface area contributed by atoms with E-state index >= 15 is 0 Å². The molecule has 0 radical (unpaired) electrons. The Balaban J connectivity index is 2.28. The summed E-state index contributed by atoms with van der Waals surface area (Å²) in [4.78, 5) is 36.3. The second-order valence-corrected chi connectivity index (χ2v) is 5.66. The molecule has 7 nitrogen and oxygen atoms in total. The number of carbonyl (C=O) groups excluding carboxylic acids is 2. The molecule has 2 N–H and O–H groups in total. The Kier molecular flexibility index (Phi) is 4.68. The minimum atomic E-state index is -0.953. The molecule has 0 bridgehead atoms. The monoisotopic (exact) mass is 363 g/mol. The van der Waals surface area contributed by atoms with Crippen LogP contribution >= 0.6 is 0 Å². The summed E-state index contributed by atoms with van der Waals surface area (Å²) in [6.07, 6.45) is 0. The van der Waals surface area contributed by atoms with Crippen molar-refractivity contribution in [1.29, 1.82) is 0 Å². The van der Waals surface area contributed by atoms with Crippen LogP contribution in [0.5, 0.6) is 11.5 Å². The van der Waals surface area contributed by atoms with E-state index in [1.807, 2.05) is 0 Å². The highest BCUT2D eigenvalue weighted by Crippen LogP contribution is 2.40. The van der Waals surface area contributed by atoms with Gasteiger partial charge in [-0.3, -0.25) is 19.7 Å². The summed E-state index contributed by atoms with van der Waals surface area (Å²) in [7, 11) is 0. The van der Waals surface area contributed by atoms with Gasteiger partial charge in [0.15, 0.2) is 0 Å². The van der Waals surface area contributed by atoms with Gasteiger partial charge < -0.3 is 10.2 Å². The van der Waals surface area contributed by atoms with Crippen molar-refractivity contribution in [3.05, 3.63) is 99.1 Å². The van der Waals surface area contributed by atoms with E-state index in [1.165, 1.54) is 24.3 Å². The van der Waals surface area contributed by atoms with E-state index in [9.17, 15) is 29.9 Å². The molecule has 7 heteroatoms. The minimum absolute atomic E-state index is 0.0969. The molecule has 3 rings (SSSR count). The SMILES string of the molecule is O=C(c1ccccc1)c1c(O)cc(O)c(C(=O)c2ccccc2)c1[N+](=O)[O-]. The van der Waals surface area contributed by atoms with E-state index in [2.05, 4.69) is 0 Å². The summed E-state index contributed by atoms with van der Waals surface area (Å²) in [5.74, 6) is -3.22. The number of nitro groups is 1. The first-order chi connectivity index (χ1) is 12.9. The van der Waals surface area contributed by atoms with Gasteiger partial charge in [-0.25, -0.2) is 0 Å². The smallest absolute Gasteiger partial charge is 0.299 e. The van der Waals surface area contributed by atoms with Crippen LogP contribution in [0.3, 0.4) is 0 Å². The van der Waals surface area contributed by atoms with E-state index < -0.39 is 44.8 Å². The Labute approximate surface area is 153 Å². The van der Waals surface area contributed by atoms with Gasteiger partial charge in [0.1, 0.15) is 22.6 Å². The van der Waals surface area contributed by atoms with Gasteiger partial charge in [0.05, 0.1) is 4.92 Å². The molecule has 0 spiro atoms. The van der Waals surface area contributed by atoms with Crippen LogP contribution in [-0.4, -0.2) is 26.7 Å². The number of nitrogens with zero attached hydrogens (tertiary/aromatic N) is 1. The predicted octanol–water partition coefficient (Wildman–Crippen LogP) is 3.47. The molecular weight excluding hydrogens is 350 g/mol. The predicted molar refractivity (Wildman–Crippen MR) is 96.2 cm³/mol. The summed E-state index contributed by atoms with van der Waals surface area (Å²) in [5, 5.41) is 32.0. The molecule has 3 aromatic rings. The molecule has 0 aliphatic carbocycles. The second kappa shape index (κ2) is 7.09. The molecule has 0 saturated heterocycles. The summed E-state index contributed by atoms with van der Waals surface area (Å²) in [5.41, 5.74) is -2.04. The zero-order chi connectivity index (χ0) is 19.6. The lowest BCUT2D eigenvalue weighted by molar-refractivity contribution is -0.385. The molecule has 3 aromatic carbocycles. The maximum atomic E-state index is 12.8. The van der Waals surface area contributed by atoms with Gasteiger partial charge in [-0.15, -0.1) is 0 Å². The van der Waals surface area contributed by atoms with Crippen molar-refractivity contribution >= 4 is 17.3 Å². The van der Waals surface area contributed by atoms with Crippen LogP contribution in [0, 0.1) is 10.1 Å². The van der Waals surface area contributed by atoms with Gasteiger partial charge in [-0.1, -0.05) is 60.7 Å². The van der Waals surface area contributed by atoms with Gasteiger partial charge in [-0.2, -0.15) is 0 Å². The van der Waals surface area contributed by atoms with Gasteiger partial charge in [0, 0.05) is 17.2 Å². The Hall–Kier alpha value is -4.00. The topological polar surface area (TPSA) is 118 Å². The van der Waals surface area contributed by atoms with Crippen molar-refractivity contribution in [1.82, 2.24) is 0 Å². The number of nitro benzene ring substituents is 1. The number of benzene rings is 3. The largest absolute Gasteiger partial charge is 0.507 e. The molecule has 0 atom stereocenters. The summed E-state index contributed by atoms with van der Waals surface area (Å²) < 4.78 is 0.